The molecular formula is C16H25NO3. The number of benzene rings is 1. The number of rotatable bonds is 5. The average molecular weight is 279 g/mol. The van der Waals surface area contributed by atoms with Crippen molar-refractivity contribution >= 4 is 5.97 Å². The van der Waals surface area contributed by atoms with Crippen molar-refractivity contribution in [1.82, 2.24) is 5.32 Å². The molecule has 1 unspecified atom stereocenters. The van der Waals surface area contributed by atoms with E-state index in [2.05, 4.69) is 5.32 Å². The van der Waals surface area contributed by atoms with Crippen LogP contribution in [0.5, 0.6) is 5.75 Å². The number of carbonyl (C=O) groups is 1. The first kappa shape index (κ1) is 16.5. The van der Waals surface area contributed by atoms with Gasteiger partial charge in [0, 0.05) is 12.1 Å². The Morgan fingerprint density at radius 1 is 1.30 bits per heavy atom. The van der Waals surface area contributed by atoms with E-state index >= 15 is 0 Å². The minimum atomic E-state index is -0.869. The number of hydrogen-bond acceptors (Lipinski definition) is 3. The van der Waals surface area contributed by atoms with Crippen LogP contribution in [0.3, 0.4) is 0 Å². The van der Waals surface area contributed by atoms with Crippen molar-refractivity contribution < 1.29 is 15.0 Å². The molecule has 0 heterocycles. The van der Waals surface area contributed by atoms with Crippen molar-refractivity contribution in [1.29, 1.82) is 0 Å². The van der Waals surface area contributed by atoms with Gasteiger partial charge in [0.1, 0.15) is 11.8 Å². The number of carboxylic acids is 1. The van der Waals surface area contributed by atoms with Gasteiger partial charge in [0.2, 0.25) is 0 Å². The summed E-state index contributed by atoms with van der Waals surface area (Å²) in [7, 11) is 0. The number of phenolic OH excluding ortho intramolecular Hbond substituents is 1. The van der Waals surface area contributed by atoms with Gasteiger partial charge in [-0.3, -0.25) is 10.1 Å². The van der Waals surface area contributed by atoms with Gasteiger partial charge in [-0.1, -0.05) is 52.8 Å². The van der Waals surface area contributed by atoms with Crippen LogP contribution in [0, 0.1) is 5.92 Å². The number of aromatic hydroxyl groups is 1. The second-order valence-electron chi connectivity index (χ2n) is 6.50. The molecule has 112 valence electrons. The number of phenols is 1. The molecule has 1 aromatic carbocycles. The lowest BCUT2D eigenvalue weighted by Crippen LogP contribution is -2.40. The maximum Gasteiger partial charge on any atom is 0.320 e. The highest BCUT2D eigenvalue weighted by molar-refractivity contribution is 5.73. The second kappa shape index (κ2) is 6.27. The van der Waals surface area contributed by atoms with Crippen molar-refractivity contribution in [2.24, 2.45) is 5.92 Å². The summed E-state index contributed by atoms with van der Waals surface area (Å²) in [4.78, 5) is 11.1. The van der Waals surface area contributed by atoms with Gasteiger partial charge in [-0.25, -0.2) is 0 Å². The van der Waals surface area contributed by atoms with Crippen LogP contribution in [0.25, 0.3) is 0 Å². The summed E-state index contributed by atoms with van der Waals surface area (Å²) >= 11 is 0. The Balaban J connectivity index is 2.92. The zero-order valence-electron chi connectivity index (χ0n) is 12.9. The van der Waals surface area contributed by atoms with Crippen LogP contribution in [0.1, 0.15) is 45.7 Å². The van der Waals surface area contributed by atoms with Gasteiger partial charge < -0.3 is 10.2 Å². The maximum atomic E-state index is 11.1. The standard InChI is InChI=1S/C16H25NO3/c1-10(2)13(15(19)20)17-9-11-7-6-8-12(14(11)18)16(3,4)5/h6-8,10,13,17-18H,9H2,1-5H3,(H,19,20). The molecule has 0 saturated carbocycles. The Labute approximate surface area is 120 Å². The Bertz CT molecular complexity index is 475. The zero-order chi connectivity index (χ0) is 15.5. The Hall–Kier alpha value is -1.55. The van der Waals surface area contributed by atoms with Crippen molar-refractivity contribution in [3.8, 4) is 5.75 Å². The van der Waals surface area contributed by atoms with E-state index in [4.69, 9.17) is 5.11 Å². The van der Waals surface area contributed by atoms with Crippen molar-refractivity contribution in [3.63, 3.8) is 0 Å². The molecule has 20 heavy (non-hydrogen) atoms. The second-order valence-corrected chi connectivity index (χ2v) is 6.50. The summed E-state index contributed by atoms with van der Waals surface area (Å²) in [5.41, 5.74) is 1.45. The molecule has 3 N–H and O–H groups in total. The van der Waals surface area contributed by atoms with E-state index in [1.54, 1.807) is 0 Å². The molecule has 4 heteroatoms. The van der Waals surface area contributed by atoms with E-state index in [1.807, 2.05) is 52.8 Å². The van der Waals surface area contributed by atoms with Crippen LogP contribution >= 0.6 is 0 Å². The molecule has 0 aromatic heterocycles. The van der Waals surface area contributed by atoms with E-state index in [0.717, 1.165) is 11.1 Å². The van der Waals surface area contributed by atoms with Crippen LogP contribution in [-0.2, 0) is 16.8 Å². The summed E-state index contributed by atoms with van der Waals surface area (Å²) < 4.78 is 0. The van der Waals surface area contributed by atoms with E-state index in [9.17, 15) is 9.90 Å². The monoisotopic (exact) mass is 279 g/mol. The molecule has 1 rings (SSSR count). The number of hydrogen-bond donors (Lipinski definition) is 3. The number of nitrogens with one attached hydrogen (secondary N) is 1. The fourth-order valence-electron chi connectivity index (χ4n) is 2.17. The van der Waals surface area contributed by atoms with Crippen molar-refractivity contribution in [2.45, 2.75) is 52.6 Å². The fraction of sp³-hybridized carbons (Fsp3) is 0.562. The average Bonchev–Trinajstić information content (AvgIpc) is 2.28. The van der Waals surface area contributed by atoms with Gasteiger partial charge in [0.25, 0.3) is 0 Å². The maximum absolute atomic E-state index is 11.1. The van der Waals surface area contributed by atoms with E-state index in [-0.39, 0.29) is 17.1 Å². The zero-order valence-corrected chi connectivity index (χ0v) is 12.9. The molecule has 0 aliphatic heterocycles. The molecule has 0 amide bonds. The lowest BCUT2D eigenvalue weighted by Gasteiger charge is -2.23. The van der Waals surface area contributed by atoms with Gasteiger partial charge in [-0.15, -0.1) is 0 Å². The fourth-order valence-corrected chi connectivity index (χ4v) is 2.17. The predicted octanol–water partition coefficient (Wildman–Crippen LogP) is 2.89. The van der Waals surface area contributed by atoms with Crippen LogP contribution in [0.2, 0.25) is 0 Å². The molecule has 0 bridgehead atoms. The molecule has 0 saturated heterocycles. The summed E-state index contributed by atoms with van der Waals surface area (Å²) in [6.45, 7) is 10.2. The third kappa shape index (κ3) is 3.97. The topological polar surface area (TPSA) is 69.6 Å². The van der Waals surface area contributed by atoms with Crippen molar-refractivity contribution in [2.75, 3.05) is 0 Å². The SMILES string of the molecule is CC(C)C(NCc1cccc(C(C)(C)C)c1O)C(=O)O. The highest BCUT2D eigenvalue weighted by Crippen LogP contribution is 2.33. The highest BCUT2D eigenvalue weighted by Gasteiger charge is 2.23. The molecular weight excluding hydrogens is 254 g/mol. The van der Waals surface area contributed by atoms with Crippen LogP contribution in [-0.4, -0.2) is 22.2 Å². The van der Waals surface area contributed by atoms with Crippen molar-refractivity contribution in [3.05, 3.63) is 29.3 Å². The summed E-state index contributed by atoms with van der Waals surface area (Å²) in [5, 5.41) is 22.5. The molecule has 1 aromatic rings. The molecule has 0 radical (unpaired) electrons. The van der Waals surface area contributed by atoms with Gasteiger partial charge in [0.15, 0.2) is 0 Å². The first-order chi connectivity index (χ1) is 9.14. The minimum Gasteiger partial charge on any atom is -0.507 e. The normalized spacial score (nSPS) is 13.5. The van der Waals surface area contributed by atoms with Crippen LogP contribution in [0.15, 0.2) is 18.2 Å². The van der Waals surface area contributed by atoms with E-state index in [0.29, 0.717) is 6.54 Å². The third-order valence-electron chi connectivity index (χ3n) is 3.37. The smallest absolute Gasteiger partial charge is 0.320 e. The number of carboxylic acid groups (broad SMARTS) is 1. The summed E-state index contributed by atoms with van der Waals surface area (Å²) in [6.07, 6.45) is 0. The first-order valence-electron chi connectivity index (χ1n) is 6.92. The summed E-state index contributed by atoms with van der Waals surface area (Å²) in [5.74, 6) is -0.632. The highest BCUT2D eigenvalue weighted by atomic mass is 16.4. The minimum absolute atomic E-state index is 0.0135. The number of aliphatic carboxylic acids is 1. The van der Waals surface area contributed by atoms with Crippen LogP contribution < -0.4 is 5.32 Å². The Morgan fingerprint density at radius 2 is 1.90 bits per heavy atom. The first-order valence-corrected chi connectivity index (χ1v) is 6.92. The largest absolute Gasteiger partial charge is 0.507 e. The molecule has 0 aliphatic rings. The Morgan fingerprint density at radius 3 is 2.35 bits per heavy atom. The molecule has 1 atom stereocenters. The quantitative estimate of drug-likeness (QED) is 0.775. The molecule has 4 nitrogen and oxygen atoms in total. The molecule has 0 fully saturated rings. The van der Waals surface area contributed by atoms with E-state index in [1.165, 1.54) is 0 Å². The lowest BCUT2D eigenvalue weighted by molar-refractivity contribution is -0.140. The summed E-state index contributed by atoms with van der Waals surface area (Å²) in [6, 6.07) is 4.99. The van der Waals surface area contributed by atoms with E-state index < -0.39 is 12.0 Å². The van der Waals surface area contributed by atoms with Gasteiger partial charge in [-0.05, 0) is 16.9 Å². The Kier molecular flexibility index (Phi) is 5.17. The third-order valence-corrected chi connectivity index (χ3v) is 3.37. The van der Waals surface area contributed by atoms with Gasteiger partial charge in [-0.2, -0.15) is 0 Å². The number of para-hydroxylation sites is 1. The molecule has 0 aliphatic carbocycles. The van der Waals surface area contributed by atoms with Crippen LogP contribution in [0.4, 0.5) is 0 Å². The predicted molar refractivity (Wildman–Crippen MR) is 79.9 cm³/mol. The van der Waals surface area contributed by atoms with Gasteiger partial charge >= 0.3 is 5.97 Å². The van der Waals surface area contributed by atoms with Gasteiger partial charge in [0.05, 0.1) is 0 Å². The molecule has 0 spiro atoms. The lowest BCUT2D eigenvalue weighted by atomic mass is 9.85.